The Kier molecular flexibility index (Phi) is 4.03. The third-order valence-corrected chi connectivity index (χ3v) is 3.81. The van der Waals surface area contributed by atoms with Crippen LogP contribution in [0.5, 0.6) is 17.2 Å². The normalized spacial score (nSPS) is 10.6. The highest BCUT2D eigenvalue weighted by Gasteiger charge is 2.16. The van der Waals surface area contributed by atoms with Crippen LogP contribution in [0.15, 0.2) is 48.5 Å². The van der Waals surface area contributed by atoms with E-state index in [9.17, 15) is 0 Å². The maximum absolute atomic E-state index is 5.52. The average Bonchev–Trinajstić information content (AvgIpc) is 2.60. The Hall–Kier alpha value is -2.80. The number of rotatable bonds is 4. The van der Waals surface area contributed by atoms with Crippen LogP contribution in [0.25, 0.3) is 21.9 Å². The van der Waals surface area contributed by atoms with E-state index in [1.807, 2.05) is 43.3 Å². The number of benzene rings is 3. The molecule has 0 heterocycles. The van der Waals surface area contributed by atoms with Gasteiger partial charge in [-0.1, -0.05) is 30.3 Å². The van der Waals surface area contributed by atoms with E-state index in [2.05, 4.69) is 0 Å². The molecule has 0 spiro atoms. The summed E-state index contributed by atoms with van der Waals surface area (Å²) in [5.41, 5.74) is 2.53. The summed E-state index contributed by atoms with van der Waals surface area (Å²) in [6.07, 6.45) is 0. The first-order valence-electron chi connectivity index (χ1n) is 6.96. The van der Waals surface area contributed by atoms with Crippen LogP contribution in [0.4, 0.5) is 0 Å². The lowest BCUT2D eigenvalue weighted by Crippen LogP contribution is -2.07. The van der Waals surface area contributed by atoms with Crippen LogP contribution in [-0.4, -0.2) is 0 Å². The number of fused-ring (bicyclic) bond motifs is 1. The third-order valence-electron chi connectivity index (χ3n) is 3.81. The predicted octanol–water partition coefficient (Wildman–Crippen LogP) is 2.57. The SMILES string of the molecule is Cc1cc(-c2cc(ON)c3ccccc3c2ON)ccc1ON. The van der Waals surface area contributed by atoms with Gasteiger partial charge in [0.15, 0.2) is 11.5 Å². The van der Waals surface area contributed by atoms with Gasteiger partial charge in [-0.3, -0.25) is 0 Å². The van der Waals surface area contributed by atoms with Gasteiger partial charge in [0.25, 0.3) is 0 Å². The van der Waals surface area contributed by atoms with Crippen molar-refractivity contribution in [1.82, 2.24) is 0 Å². The molecule has 3 aromatic rings. The van der Waals surface area contributed by atoms with Crippen molar-refractivity contribution in [3.63, 3.8) is 0 Å². The molecular formula is C17H17N3O3. The predicted molar refractivity (Wildman–Crippen MR) is 88.6 cm³/mol. The standard InChI is InChI=1S/C17H17N3O3/c1-10-8-11(6-7-15(10)21-18)14-9-16(22-19)12-4-2-3-5-13(12)17(14)23-20/h2-9H,18-20H2,1H3. The molecule has 0 fully saturated rings. The van der Waals surface area contributed by atoms with Crippen LogP contribution in [0.2, 0.25) is 0 Å². The third kappa shape index (κ3) is 2.55. The van der Waals surface area contributed by atoms with Gasteiger partial charge in [0, 0.05) is 16.3 Å². The van der Waals surface area contributed by atoms with E-state index in [4.69, 9.17) is 32.2 Å². The second-order valence-corrected chi connectivity index (χ2v) is 5.13. The van der Waals surface area contributed by atoms with Crippen LogP contribution < -0.4 is 32.2 Å². The summed E-state index contributed by atoms with van der Waals surface area (Å²) >= 11 is 0. The first kappa shape index (κ1) is 15.1. The highest BCUT2D eigenvalue weighted by atomic mass is 16.6. The van der Waals surface area contributed by atoms with E-state index in [1.54, 1.807) is 12.1 Å². The molecular weight excluding hydrogens is 294 g/mol. The lowest BCUT2D eigenvalue weighted by Gasteiger charge is -2.15. The van der Waals surface area contributed by atoms with Gasteiger partial charge < -0.3 is 14.5 Å². The van der Waals surface area contributed by atoms with Crippen LogP contribution in [0, 0.1) is 6.92 Å². The Morgan fingerprint density at radius 2 is 1.43 bits per heavy atom. The smallest absolute Gasteiger partial charge is 0.162 e. The second-order valence-electron chi connectivity index (χ2n) is 5.13. The Balaban J connectivity index is 2.30. The molecule has 0 unspecified atom stereocenters. The Morgan fingerprint density at radius 3 is 2.04 bits per heavy atom. The van der Waals surface area contributed by atoms with Crippen molar-refractivity contribution in [2.24, 2.45) is 17.7 Å². The molecule has 0 aromatic heterocycles. The quantitative estimate of drug-likeness (QED) is 0.639. The van der Waals surface area contributed by atoms with Gasteiger partial charge >= 0.3 is 0 Å². The molecule has 0 saturated heterocycles. The van der Waals surface area contributed by atoms with Crippen molar-refractivity contribution < 1.29 is 14.5 Å². The minimum atomic E-state index is 0.535. The second kappa shape index (κ2) is 6.13. The molecule has 6 heteroatoms. The minimum Gasteiger partial charge on any atom is -0.411 e. The molecule has 3 rings (SSSR count). The van der Waals surface area contributed by atoms with Gasteiger partial charge in [-0.15, -0.1) is 0 Å². The van der Waals surface area contributed by atoms with Crippen molar-refractivity contribution >= 4 is 10.8 Å². The zero-order valence-electron chi connectivity index (χ0n) is 12.6. The first-order chi connectivity index (χ1) is 11.2. The van der Waals surface area contributed by atoms with Gasteiger partial charge in [-0.2, -0.15) is 17.7 Å². The van der Waals surface area contributed by atoms with Crippen LogP contribution >= 0.6 is 0 Å². The lowest BCUT2D eigenvalue weighted by atomic mass is 9.97. The maximum atomic E-state index is 5.52. The fourth-order valence-corrected chi connectivity index (χ4v) is 2.70. The Bertz CT molecular complexity index is 865. The first-order valence-corrected chi connectivity index (χ1v) is 6.96. The van der Waals surface area contributed by atoms with E-state index in [-0.39, 0.29) is 0 Å². The van der Waals surface area contributed by atoms with Crippen LogP contribution in [0.1, 0.15) is 5.56 Å². The van der Waals surface area contributed by atoms with Gasteiger partial charge in [0.05, 0.1) is 0 Å². The molecule has 0 bridgehead atoms. The number of hydrogen-bond donors (Lipinski definition) is 3. The minimum absolute atomic E-state index is 0.535. The summed E-state index contributed by atoms with van der Waals surface area (Å²) in [5, 5.41) is 1.63. The highest BCUT2D eigenvalue weighted by Crippen LogP contribution is 2.42. The molecule has 0 aliphatic heterocycles. The summed E-state index contributed by atoms with van der Waals surface area (Å²) in [7, 11) is 0. The molecule has 6 nitrogen and oxygen atoms in total. The molecule has 0 radical (unpaired) electrons. The topological polar surface area (TPSA) is 106 Å². The number of aryl methyl sites for hydroxylation is 1. The van der Waals surface area contributed by atoms with Crippen molar-refractivity contribution in [3.05, 3.63) is 54.1 Å². The van der Waals surface area contributed by atoms with Gasteiger partial charge in [-0.25, -0.2) is 0 Å². The Morgan fingerprint density at radius 1 is 0.739 bits per heavy atom. The van der Waals surface area contributed by atoms with Gasteiger partial charge in [-0.05, 0) is 36.2 Å². The van der Waals surface area contributed by atoms with Crippen LogP contribution in [-0.2, 0) is 0 Å². The van der Waals surface area contributed by atoms with Crippen molar-refractivity contribution in [3.8, 4) is 28.4 Å². The van der Waals surface area contributed by atoms with E-state index in [0.29, 0.717) is 17.2 Å². The van der Waals surface area contributed by atoms with Crippen molar-refractivity contribution in [1.29, 1.82) is 0 Å². The average molecular weight is 311 g/mol. The summed E-state index contributed by atoms with van der Waals surface area (Å²) in [6.45, 7) is 1.90. The zero-order valence-corrected chi connectivity index (χ0v) is 12.6. The van der Waals surface area contributed by atoms with Crippen LogP contribution in [0.3, 0.4) is 0 Å². The fourth-order valence-electron chi connectivity index (χ4n) is 2.70. The summed E-state index contributed by atoms with van der Waals surface area (Å²) in [5.74, 6) is 17.9. The molecule has 0 aliphatic carbocycles. The number of hydrogen-bond acceptors (Lipinski definition) is 6. The monoisotopic (exact) mass is 311 g/mol. The van der Waals surface area contributed by atoms with E-state index < -0.39 is 0 Å². The molecule has 0 saturated carbocycles. The highest BCUT2D eigenvalue weighted by molar-refractivity contribution is 5.99. The van der Waals surface area contributed by atoms with E-state index in [1.165, 1.54) is 0 Å². The summed E-state index contributed by atoms with van der Waals surface area (Å²) < 4.78 is 0. The molecule has 23 heavy (non-hydrogen) atoms. The molecule has 0 atom stereocenters. The van der Waals surface area contributed by atoms with E-state index in [0.717, 1.165) is 27.5 Å². The Labute approximate surface area is 133 Å². The lowest BCUT2D eigenvalue weighted by molar-refractivity contribution is 0.331. The zero-order chi connectivity index (χ0) is 16.4. The summed E-state index contributed by atoms with van der Waals surface area (Å²) in [6, 6.07) is 14.9. The van der Waals surface area contributed by atoms with Gasteiger partial charge in [0.2, 0.25) is 0 Å². The van der Waals surface area contributed by atoms with Crippen molar-refractivity contribution in [2.75, 3.05) is 0 Å². The molecule has 0 amide bonds. The maximum Gasteiger partial charge on any atom is 0.162 e. The van der Waals surface area contributed by atoms with Gasteiger partial charge in [0.1, 0.15) is 5.75 Å². The van der Waals surface area contributed by atoms with Crippen molar-refractivity contribution in [2.45, 2.75) is 6.92 Å². The molecule has 6 N–H and O–H groups in total. The molecule has 0 aliphatic rings. The number of nitrogens with two attached hydrogens (primary N) is 3. The summed E-state index contributed by atoms with van der Waals surface area (Å²) in [4.78, 5) is 15.0. The molecule has 3 aromatic carbocycles. The fraction of sp³-hybridized carbons (Fsp3) is 0.0588. The molecule has 118 valence electrons. The largest absolute Gasteiger partial charge is 0.411 e. The van der Waals surface area contributed by atoms with E-state index >= 15 is 0 Å².